The molecule has 0 radical (unpaired) electrons. The van der Waals surface area contributed by atoms with Gasteiger partial charge in [-0.15, -0.1) is 0 Å². The fourth-order valence-corrected chi connectivity index (χ4v) is 1.67. The Balaban J connectivity index is 1.89. The van der Waals surface area contributed by atoms with Crippen LogP contribution in [0.25, 0.3) is 0 Å². The third kappa shape index (κ3) is 1.82. The molecule has 0 spiro atoms. The third-order valence-corrected chi connectivity index (χ3v) is 2.45. The average molecular weight is 224 g/mol. The molecule has 0 saturated carbocycles. The van der Waals surface area contributed by atoms with Crippen molar-refractivity contribution >= 4 is 29.6 Å². The van der Waals surface area contributed by atoms with E-state index in [0.29, 0.717) is 18.1 Å². The topological polar surface area (TPSA) is 66.5 Å². The molecule has 0 atom stereocenters. The van der Waals surface area contributed by atoms with E-state index in [2.05, 4.69) is 20.0 Å². The van der Waals surface area contributed by atoms with Crippen molar-refractivity contribution in [3.8, 4) is 0 Å². The molecule has 0 aliphatic carbocycles. The Morgan fingerprint density at radius 1 is 1.06 bits per heavy atom. The van der Waals surface area contributed by atoms with Gasteiger partial charge in [-0.1, -0.05) is 30.3 Å². The predicted octanol–water partition coefficient (Wildman–Crippen LogP) is 1.05. The molecular formula is C12H8N4O. The highest BCUT2D eigenvalue weighted by Gasteiger charge is 2.25. The van der Waals surface area contributed by atoms with Crippen LogP contribution in [-0.4, -0.2) is 29.6 Å². The van der Waals surface area contributed by atoms with Crippen LogP contribution >= 0.6 is 0 Å². The highest BCUT2D eigenvalue weighted by atomic mass is 16.1. The maximum atomic E-state index is 11.6. The summed E-state index contributed by atoms with van der Waals surface area (Å²) in [6.07, 6.45) is 1.85. The van der Waals surface area contributed by atoms with E-state index in [0.717, 1.165) is 5.56 Å². The number of amides is 1. The number of aliphatic imine (C=N–C) groups is 4. The van der Waals surface area contributed by atoms with Crippen molar-refractivity contribution in [2.45, 2.75) is 6.42 Å². The fraction of sp³-hybridized carbons (Fsp3) is 0.0833. The molecule has 1 amide bonds. The van der Waals surface area contributed by atoms with Gasteiger partial charge in [-0.2, -0.15) is 4.99 Å². The molecule has 0 fully saturated rings. The summed E-state index contributed by atoms with van der Waals surface area (Å²) in [6.45, 7) is 0. The molecule has 0 saturated heterocycles. The number of amidine groups is 2. The van der Waals surface area contributed by atoms with Crippen LogP contribution in [0.5, 0.6) is 0 Å². The number of carbonyl (C=O) groups excluding carboxylic acids is 1. The number of fused-ring (bicyclic) bond motifs is 1. The van der Waals surface area contributed by atoms with Crippen molar-refractivity contribution in [2.24, 2.45) is 20.0 Å². The van der Waals surface area contributed by atoms with E-state index in [1.165, 1.54) is 6.34 Å². The molecule has 0 bridgehead atoms. The van der Waals surface area contributed by atoms with Crippen molar-refractivity contribution in [2.75, 3.05) is 0 Å². The number of benzene rings is 1. The standard InChI is InChI=1S/C12H8N4O/c17-12-10-11(14-7-13-10)15-9(16-12)6-8-4-2-1-3-5-8/h1-5,7H,6H2. The second-order valence-electron chi connectivity index (χ2n) is 3.65. The Kier molecular flexibility index (Phi) is 2.22. The lowest BCUT2D eigenvalue weighted by Gasteiger charge is -2.07. The van der Waals surface area contributed by atoms with Gasteiger partial charge in [-0.3, -0.25) is 4.79 Å². The van der Waals surface area contributed by atoms with Crippen LogP contribution in [0.4, 0.5) is 0 Å². The zero-order valence-electron chi connectivity index (χ0n) is 8.87. The maximum Gasteiger partial charge on any atom is 0.301 e. The monoisotopic (exact) mass is 224 g/mol. The van der Waals surface area contributed by atoms with Crippen LogP contribution < -0.4 is 0 Å². The molecule has 5 nitrogen and oxygen atoms in total. The van der Waals surface area contributed by atoms with Gasteiger partial charge in [0, 0.05) is 6.42 Å². The van der Waals surface area contributed by atoms with E-state index < -0.39 is 0 Å². The highest BCUT2D eigenvalue weighted by molar-refractivity contribution is 6.71. The van der Waals surface area contributed by atoms with E-state index in [-0.39, 0.29) is 11.6 Å². The lowest BCUT2D eigenvalue weighted by molar-refractivity contribution is -0.111. The van der Waals surface area contributed by atoms with E-state index in [9.17, 15) is 4.79 Å². The first-order valence-corrected chi connectivity index (χ1v) is 5.18. The zero-order chi connectivity index (χ0) is 11.7. The van der Waals surface area contributed by atoms with Gasteiger partial charge in [0.25, 0.3) is 0 Å². The minimum absolute atomic E-state index is 0.238. The van der Waals surface area contributed by atoms with Crippen LogP contribution in [0.3, 0.4) is 0 Å². The van der Waals surface area contributed by atoms with Crippen LogP contribution in [-0.2, 0) is 11.2 Å². The molecule has 2 aliphatic rings. The molecular weight excluding hydrogens is 216 g/mol. The summed E-state index contributed by atoms with van der Waals surface area (Å²) in [5, 5.41) is 0. The largest absolute Gasteiger partial charge is 0.301 e. The van der Waals surface area contributed by atoms with Gasteiger partial charge in [-0.05, 0) is 5.56 Å². The summed E-state index contributed by atoms with van der Waals surface area (Å²) in [4.78, 5) is 27.4. The van der Waals surface area contributed by atoms with Crippen molar-refractivity contribution < 1.29 is 4.79 Å². The first-order valence-electron chi connectivity index (χ1n) is 5.18. The second-order valence-corrected chi connectivity index (χ2v) is 3.65. The molecule has 3 rings (SSSR count). The summed E-state index contributed by atoms with van der Waals surface area (Å²) in [5.74, 6) is 0.489. The van der Waals surface area contributed by atoms with Gasteiger partial charge in [-0.25, -0.2) is 15.0 Å². The Hall–Kier alpha value is -2.43. The summed E-state index contributed by atoms with van der Waals surface area (Å²) >= 11 is 0. The Labute approximate surface area is 97.4 Å². The minimum Gasteiger partial charge on any atom is -0.265 e. The Morgan fingerprint density at radius 2 is 1.88 bits per heavy atom. The molecule has 1 aromatic carbocycles. The molecule has 0 aromatic heterocycles. The van der Waals surface area contributed by atoms with Crippen LogP contribution in [0, 0.1) is 0 Å². The van der Waals surface area contributed by atoms with Crippen molar-refractivity contribution in [1.29, 1.82) is 0 Å². The van der Waals surface area contributed by atoms with Crippen molar-refractivity contribution in [1.82, 2.24) is 0 Å². The molecule has 17 heavy (non-hydrogen) atoms. The summed E-state index contributed by atoms with van der Waals surface area (Å²) < 4.78 is 0. The Morgan fingerprint density at radius 3 is 2.71 bits per heavy atom. The molecule has 0 unspecified atom stereocenters. The summed E-state index contributed by atoms with van der Waals surface area (Å²) in [6, 6.07) is 9.75. The zero-order valence-corrected chi connectivity index (χ0v) is 8.87. The smallest absolute Gasteiger partial charge is 0.265 e. The first kappa shape index (κ1) is 9.77. The predicted molar refractivity (Wildman–Crippen MR) is 66.0 cm³/mol. The number of carbonyl (C=O) groups is 1. The summed E-state index contributed by atoms with van der Waals surface area (Å²) in [7, 11) is 0. The van der Waals surface area contributed by atoms with Crippen molar-refractivity contribution in [3.63, 3.8) is 0 Å². The van der Waals surface area contributed by atoms with Gasteiger partial charge in [0.15, 0.2) is 11.5 Å². The molecule has 1 aromatic rings. The molecule has 2 aliphatic heterocycles. The molecule has 82 valence electrons. The lowest BCUT2D eigenvalue weighted by Crippen LogP contribution is -2.26. The molecule has 2 heterocycles. The van der Waals surface area contributed by atoms with Crippen molar-refractivity contribution in [3.05, 3.63) is 35.9 Å². The van der Waals surface area contributed by atoms with Gasteiger partial charge < -0.3 is 0 Å². The Bertz CT molecular complexity index is 596. The third-order valence-electron chi connectivity index (χ3n) is 2.45. The quantitative estimate of drug-likeness (QED) is 0.740. The minimum atomic E-state index is -0.363. The van der Waals surface area contributed by atoms with Crippen LogP contribution in [0.15, 0.2) is 50.3 Å². The number of hydrogen-bond acceptors (Lipinski definition) is 4. The van der Waals surface area contributed by atoms with Crippen LogP contribution in [0.1, 0.15) is 5.56 Å². The molecule has 0 N–H and O–H groups in total. The van der Waals surface area contributed by atoms with Gasteiger partial charge >= 0.3 is 5.91 Å². The normalized spacial score (nSPS) is 17.4. The average Bonchev–Trinajstić information content (AvgIpc) is 2.79. The number of nitrogens with zero attached hydrogens (tertiary/aromatic N) is 4. The van der Waals surface area contributed by atoms with Gasteiger partial charge in [0.2, 0.25) is 0 Å². The number of hydrogen-bond donors (Lipinski definition) is 0. The lowest BCUT2D eigenvalue weighted by atomic mass is 10.1. The number of rotatable bonds is 2. The SMILES string of the molecule is O=C1N=C(Cc2ccccc2)N=C2N=CN=C12. The summed E-state index contributed by atoms with van der Waals surface area (Å²) in [5.41, 5.74) is 1.30. The van der Waals surface area contributed by atoms with E-state index in [1.807, 2.05) is 30.3 Å². The molecule has 5 heteroatoms. The maximum absolute atomic E-state index is 11.6. The van der Waals surface area contributed by atoms with Gasteiger partial charge in [0.1, 0.15) is 12.2 Å². The van der Waals surface area contributed by atoms with Crippen LogP contribution in [0.2, 0.25) is 0 Å². The fourth-order valence-electron chi connectivity index (χ4n) is 1.67. The van der Waals surface area contributed by atoms with E-state index >= 15 is 0 Å². The second kappa shape index (κ2) is 3.86. The van der Waals surface area contributed by atoms with E-state index in [4.69, 9.17) is 0 Å². The van der Waals surface area contributed by atoms with Gasteiger partial charge in [0.05, 0.1) is 0 Å². The van der Waals surface area contributed by atoms with E-state index in [1.54, 1.807) is 0 Å². The highest BCUT2D eigenvalue weighted by Crippen LogP contribution is 2.09. The first-order chi connectivity index (χ1) is 8.33.